The van der Waals surface area contributed by atoms with E-state index in [0.717, 1.165) is 95.9 Å². The van der Waals surface area contributed by atoms with Crippen LogP contribution < -0.4 is 0 Å². The lowest BCUT2D eigenvalue weighted by molar-refractivity contribution is 0.0976. The molecular weight excluding hydrogens is 601 g/mol. The predicted molar refractivity (Wildman–Crippen MR) is 206 cm³/mol. The van der Waals surface area contributed by atoms with Crippen molar-refractivity contribution in [1.29, 1.82) is 0 Å². The maximum atomic E-state index is 14.9. The minimum absolute atomic E-state index is 0.139. The fourth-order valence-electron chi connectivity index (χ4n) is 6.74. The minimum atomic E-state index is -1.20. The zero-order valence-electron chi connectivity index (χ0n) is 30.6. The van der Waals surface area contributed by atoms with Gasteiger partial charge in [-0.1, -0.05) is 153 Å². The molecule has 1 aliphatic carbocycles. The molecule has 2 nitrogen and oxygen atoms in total. The molecule has 244 valence electrons. The third-order valence-electron chi connectivity index (χ3n) is 9.16. The number of carbonyl (C=O) groups is 2. The first kappa shape index (κ1) is 37.1. The molecule has 0 aliphatic heterocycles. The highest BCUT2D eigenvalue weighted by molar-refractivity contribution is 6.77. The number of hydrogen-bond acceptors (Lipinski definition) is 2. The van der Waals surface area contributed by atoms with Gasteiger partial charge < -0.3 is 0 Å². The van der Waals surface area contributed by atoms with Gasteiger partial charge in [0, 0.05) is 54.5 Å². The lowest BCUT2D eigenvalue weighted by Gasteiger charge is -2.28. The van der Waals surface area contributed by atoms with E-state index < -0.39 is 32.3 Å². The molecule has 0 amide bonds. The standard InChI is InChI=1S/C38H64O2Si4/c1-41(2,3)25-13-17-29-21-22-30(18-14-26-42(4,5)6)34-33(29)37(39)35-31(19-15-27-43(7,8)9)23-24-32(36(35)38(34)40)20-16-28-44(10,11)12/h21-24H,13-20,25-28H2,1-12H3. The average molecular weight is 665 g/mol. The van der Waals surface area contributed by atoms with E-state index >= 15 is 0 Å². The number of rotatable bonds is 16. The summed E-state index contributed by atoms with van der Waals surface area (Å²) in [7, 11) is -4.79. The molecule has 2 aromatic rings. The molecule has 0 spiro atoms. The maximum Gasteiger partial charge on any atom is 0.195 e. The first-order valence-electron chi connectivity index (χ1n) is 17.6. The van der Waals surface area contributed by atoms with Gasteiger partial charge in [-0.25, -0.2) is 0 Å². The number of ketones is 2. The molecule has 44 heavy (non-hydrogen) atoms. The van der Waals surface area contributed by atoms with Crippen LogP contribution in [-0.2, 0) is 25.7 Å². The second kappa shape index (κ2) is 14.6. The number of fused-ring (bicyclic) bond motifs is 2. The lowest BCUT2D eigenvalue weighted by Crippen LogP contribution is -2.28. The summed E-state index contributed by atoms with van der Waals surface area (Å²) >= 11 is 0. The molecule has 2 aromatic carbocycles. The van der Waals surface area contributed by atoms with Gasteiger partial charge in [0.05, 0.1) is 0 Å². The van der Waals surface area contributed by atoms with Gasteiger partial charge >= 0.3 is 0 Å². The SMILES string of the molecule is C[Si](C)(C)CCCc1ccc(CCC[Si](C)(C)C)c2c1C(=O)c1c(CCC[Si](C)(C)C)ccc(CCC[Si](C)(C)C)c1C2=O. The van der Waals surface area contributed by atoms with Crippen molar-refractivity contribution in [2.75, 3.05) is 0 Å². The summed E-state index contributed by atoms with van der Waals surface area (Å²) < 4.78 is 0. The van der Waals surface area contributed by atoms with Gasteiger partial charge in [-0.05, 0) is 47.9 Å². The predicted octanol–water partition coefficient (Wildman–Crippen LogP) is 11.5. The number of hydrogen-bond donors (Lipinski definition) is 0. The molecule has 0 atom stereocenters. The molecule has 0 bridgehead atoms. The summed E-state index contributed by atoms with van der Waals surface area (Å²) in [4.78, 5) is 29.7. The summed E-state index contributed by atoms with van der Waals surface area (Å²) in [5, 5.41) is 0. The Morgan fingerprint density at radius 1 is 0.364 bits per heavy atom. The Kier molecular flexibility index (Phi) is 12.3. The van der Waals surface area contributed by atoms with Gasteiger partial charge in [-0.3, -0.25) is 9.59 Å². The third-order valence-corrected chi connectivity index (χ3v) is 16.6. The molecule has 3 rings (SSSR count). The first-order chi connectivity index (χ1) is 20.2. The molecule has 1 aliphatic rings. The Morgan fingerprint density at radius 3 is 0.705 bits per heavy atom. The van der Waals surface area contributed by atoms with Crippen molar-refractivity contribution in [2.24, 2.45) is 0 Å². The average Bonchev–Trinajstić information content (AvgIpc) is 2.85. The van der Waals surface area contributed by atoms with Gasteiger partial charge in [0.2, 0.25) is 0 Å². The summed E-state index contributed by atoms with van der Waals surface area (Å²) in [5.74, 6) is 0.277. The normalized spacial score (nSPS) is 14.2. The quantitative estimate of drug-likeness (QED) is 0.143. The molecule has 0 radical (unpaired) electrons. The zero-order valence-corrected chi connectivity index (χ0v) is 34.6. The van der Waals surface area contributed by atoms with Crippen LogP contribution in [0.3, 0.4) is 0 Å². The second-order valence-electron chi connectivity index (χ2n) is 18.6. The molecule has 0 fully saturated rings. The van der Waals surface area contributed by atoms with Crippen LogP contribution >= 0.6 is 0 Å². The van der Waals surface area contributed by atoms with E-state index in [2.05, 4.69) is 103 Å². The minimum Gasteiger partial charge on any atom is -0.289 e. The van der Waals surface area contributed by atoms with Gasteiger partial charge in [-0.2, -0.15) is 0 Å². The molecule has 0 aromatic heterocycles. The summed E-state index contributed by atoms with van der Waals surface area (Å²) in [6.07, 6.45) is 7.90. The molecule has 0 saturated carbocycles. The lowest BCUT2D eigenvalue weighted by atomic mass is 9.74. The Morgan fingerprint density at radius 2 is 0.545 bits per heavy atom. The fraction of sp³-hybridized carbons (Fsp3) is 0.632. The van der Waals surface area contributed by atoms with Crippen molar-refractivity contribution >= 4 is 43.9 Å². The van der Waals surface area contributed by atoms with E-state index in [-0.39, 0.29) is 11.6 Å². The van der Waals surface area contributed by atoms with Crippen LogP contribution in [0.4, 0.5) is 0 Å². The van der Waals surface area contributed by atoms with Crippen LogP contribution in [0, 0.1) is 0 Å². The summed E-state index contributed by atoms with van der Waals surface area (Å²) in [6.45, 7) is 29.1. The van der Waals surface area contributed by atoms with Crippen LogP contribution in [0.25, 0.3) is 0 Å². The van der Waals surface area contributed by atoms with Gasteiger partial charge in [0.25, 0.3) is 0 Å². The topological polar surface area (TPSA) is 34.1 Å². The van der Waals surface area contributed by atoms with E-state index in [9.17, 15) is 9.59 Å². The number of benzene rings is 2. The Bertz CT molecular complexity index is 1130. The first-order valence-corrected chi connectivity index (χ1v) is 32.4. The molecule has 0 unspecified atom stereocenters. The van der Waals surface area contributed by atoms with Crippen LogP contribution in [0.15, 0.2) is 24.3 Å². The summed E-state index contributed by atoms with van der Waals surface area (Å²) in [5.41, 5.74) is 7.45. The summed E-state index contributed by atoms with van der Waals surface area (Å²) in [6, 6.07) is 13.8. The molecule has 0 N–H and O–H groups in total. The van der Waals surface area contributed by atoms with E-state index in [0.29, 0.717) is 0 Å². The van der Waals surface area contributed by atoms with Crippen molar-refractivity contribution in [3.8, 4) is 0 Å². The Labute approximate surface area is 275 Å². The monoisotopic (exact) mass is 664 g/mol. The van der Waals surface area contributed by atoms with E-state index in [1.807, 2.05) is 0 Å². The fourth-order valence-corrected chi connectivity index (χ4v) is 11.7. The van der Waals surface area contributed by atoms with Crippen LogP contribution in [0.5, 0.6) is 0 Å². The van der Waals surface area contributed by atoms with Crippen LogP contribution in [0.2, 0.25) is 103 Å². The van der Waals surface area contributed by atoms with Crippen molar-refractivity contribution < 1.29 is 9.59 Å². The molecule has 0 saturated heterocycles. The van der Waals surface area contributed by atoms with Crippen molar-refractivity contribution in [2.45, 2.75) is 154 Å². The van der Waals surface area contributed by atoms with Gasteiger partial charge in [0.1, 0.15) is 0 Å². The van der Waals surface area contributed by atoms with Crippen molar-refractivity contribution in [3.05, 3.63) is 68.8 Å². The van der Waals surface area contributed by atoms with E-state index in [4.69, 9.17) is 0 Å². The molecule has 6 heteroatoms. The van der Waals surface area contributed by atoms with E-state index in [1.54, 1.807) is 0 Å². The zero-order chi connectivity index (χ0) is 33.1. The van der Waals surface area contributed by atoms with Gasteiger partial charge in [0.15, 0.2) is 11.6 Å². The highest BCUT2D eigenvalue weighted by Gasteiger charge is 2.37. The van der Waals surface area contributed by atoms with E-state index in [1.165, 1.54) is 24.2 Å². The van der Waals surface area contributed by atoms with Crippen molar-refractivity contribution in [1.82, 2.24) is 0 Å². The molecular formula is C38H64O2Si4. The van der Waals surface area contributed by atoms with Gasteiger partial charge in [-0.15, -0.1) is 0 Å². The van der Waals surface area contributed by atoms with Crippen molar-refractivity contribution in [3.63, 3.8) is 0 Å². The highest BCUT2D eigenvalue weighted by atomic mass is 28.3. The highest BCUT2D eigenvalue weighted by Crippen LogP contribution is 2.38. The Balaban J connectivity index is 2.14. The number of carbonyl (C=O) groups excluding carboxylic acids is 2. The largest absolute Gasteiger partial charge is 0.289 e. The maximum absolute atomic E-state index is 14.9. The Hall–Kier alpha value is -1.35. The smallest absolute Gasteiger partial charge is 0.195 e. The second-order valence-corrected chi connectivity index (χ2v) is 41.1. The van der Waals surface area contributed by atoms with Crippen LogP contribution in [-0.4, -0.2) is 43.9 Å². The molecule has 0 heterocycles. The number of aryl methyl sites for hydroxylation is 4. The third kappa shape index (κ3) is 10.9. The van der Waals surface area contributed by atoms with Crippen LogP contribution in [0.1, 0.15) is 79.8 Å².